The molecule has 3 heteroatoms. The van der Waals surface area contributed by atoms with Crippen molar-refractivity contribution in [2.75, 3.05) is 13.1 Å². The van der Waals surface area contributed by atoms with E-state index in [1.165, 1.54) is 0 Å². The number of hydrogen-bond acceptors (Lipinski definition) is 2. The van der Waals surface area contributed by atoms with Crippen molar-refractivity contribution in [3.05, 3.63) is 0 Å². The van der Waals surface area contributed by atoms with Crippen molar-refractivity contribution in [3.8, 4) is 0 Å². The molecule has 0 aromatic carbocycles. The van der Waals surface area contributed by atoms with Crippen molar-refractivity contribution in [1.29, 1.82) is 0 Å². The van der Waals surface area contributed by atoms with Crippen LogP contribution in [-0.4, -0.2) is 24.2 Å². The average molecular weight is 199 g/mol. The Balaban J connectivity index is 2.42. The third kappa shape index (κ3) is 3.29. The van der Waals surface area contributed by atoms with Gasteiger partial charge in [-0.2, -0.15) is 0 Å². The first-order chi connectivity index (χ1) is 6.61. The van der Waals surface area contributed by atoms with Crippen LogP contribution in [0.4, 0.5) is 0 Å². The van der Waals surface area contributed by atoms with E-state index in [1.54, 1.807) is 0 Å². The molecule has 1 fully saturated rings. The van der Waals surface area contributed by atoms with E-state index in [0.29, 0.717) is 11.8 Å². The van der Waals surface area contributed by atoms with Gasteiger partial charge < -0.3 is 10.4 Å². The number of aliphatic carboxylic acids is 1. The Bertz CT molecular complexity index is 192. The van der Waals surface area contributed by atoms with Gasteiger partial charge in [0.05, 0.1) is 5.92 Å². The molecule has 2 atom stereocenters. The maximum Gasteiger partial charge on any atom is 0.306 e. The minimum absolute atomic E-state index is 0.116. The molecule has 0 aliphatic carbocycles. The van der Waals surface area contributed by atoms with Gasteiger partial charge in [-0.05, 0) is 37.8 Å². The van der Waals surface area contributed by atoms with E-state index in [2.05, 4.69) is 19.2 Å². The molecule has 2 N–H and O–H groups in total. The summed E-state index contributed by atoms with van der Waals surface area (Å²) in [6, 6.07) is 0. The van der Waals surface area contributed by atoms with E-state index in [-0.39, 0.29) is 5.92 Å². The Morgan fingerprint density at radius 1 is 1.57 bits per heavy atom. The van der Waals surface area contributed by atoms with Crippen LogP contribution < -0.4 is 5.32 Å². The van der Waals surface area contributed by atoms with E-state index in [0.717, 1.165) is 32.4 Å². The molecule has 1 rings (SSSR count). The fourth-order valence-electron chi connectivity index (χ4n) is 2.10. The molecule has 1 saturated heterocycles. The van der Waals surface area contributed by atoms with Crippen LogP contribution in [0.3, 0.4) is 0 Å². The van der Waals surface area contributed by atoms with Gasteiger partial charge in [0.2, 0.25) is 0 Å². The smallest absolute Gasteiger partial charge is 0.306 e. The molecule has 0 aromatic rings. The van der Waals surface area contributed by atoms with Gasteiger partial charge in [0.25, 0.3) is 0 Å². The maximum atomic E-state index is 11.0. The first-order valence-corrected chi connectivity index (χ1v) is 5.54. The highest BCUT2D eigenvalue weighted by atomic mass is 16.4. The van der Waals surface area contributed by atoms with E-state index < -0.39 is 5.97 Å². The van der Waals surface area contributed by atoms with Crippen molar-refractivity contribution in [2.45, 2.75) is 33.1 Å². The third-order valence-electron chi connectivity index (χ3n) is 3.04. The molecule has 1 aliphatic heterocycles. The number of rotatable bonds is 4. The van der Waals surface area contributed by atoms with Gasteiger partial charge >= 0.3 is 5.97 Å². The molecule has 82 valence electrons. The van der Waals surface area contributed by atoms with Gasteiger partial charge in [0.1, 0.15) is 0 Å². The molecule has 0 bridgehead atoms. The van der Waals surface area contributed by atoms with Crippen LogP contribution in [0.1, 0.15) is 33.1 Å². The Hall–Kier alpha value is -0.570. The van der Waals surface area contributed by atoms with E-state index in [9.17, 15) is 4.79 Å². The summed E-state index contributed by atoms with van der Waals surface area (Å²) in [7, 11) is 0. The minimum Gasteiger partial charge on any atom is -0.481 e. The summed E-state index contributed by atoms with van der Waals surface area (Å²) in [6.45, 7) is 6.11. The molecule has 0 spiro atoms. The highest BCUT2D eigenvalue weighted by Crippen LogP contribution is 2.25. The van der Waals surface area contributed by atoms with Gasteiger partial charge in [-0.15, -0.1) is 0 Å². The Morgan fingerprint density at radius 3 is 2.86 bits per heavy atom. The summed E-state index contributed by atoms with van der Waals surface area (Å²) in [4.78, 5) is 11.0. The minimum atomic E-state index is -0.611. The molecule has 0 amide bonds. The lowest BCUT2D eigenvalue weighted by atomic mass is 9.82. The van der Waals surface area contributed by atoms with Gasteiger partial charge in [0.15, 0.2) is 0 Å². The lowest BCUT2D eigenvalue weighted by molar-refractivity contribution is -0.144. The fraction of sp³-hybridized carbons (Fsp3) is 0.909. The molecular weight excluding hydrogens is 178 g/mol. The zero-order chi connectivity index (χ0) is 10.6. The number of hydrogen-bond donors (Lipinski definition) is 2. The van der Waals surface area contributed by atoms with Crippen LogP contribution >= 0.6 is 0 Å². The molecule has 1 aliphatic rings. The SMILES string of the molecule is CC(C)CCC1CNCCC1C(=O)O. The summed E-state index contributed by atoms with van der Waals surface area (Å²) < 4.78 is 0. The van der Waals surface area contributed by atoms with Crippen LogP contribution in [0.2, 0.25) is 0 Å². The second-order valence-electron chi connectivity index (χ2n) is 4.67. The van der Waals surface area contributed by atoms with E-state index in [1.807, 2.05) is 0 Å². The normalized spacial score (nSPS) is 27.9. The van der Waals surface area contributed by atoms with Crippen molar-refractivity contribution in [2.24, 2.45) is 17.8 Å². The summed E-state index contributed by atoms with van der Waals surface area (Å²) in [5, 5.41) is 12.3. The van der Waals surface area contributed by atoms with Gasteiger partial charge in [-0.3, -0.25) is 4.79 Å². The average Bonchev–Trinajstić information content (AvgIpc) is 2.15. The number of nitrogens with one attached hydrogen (secondary N) is 1. The second kappa shape index (κ2) is 5.35. The van der Waals surface area contributed by atoms with Crippen LogP contribution in [0.15, 0.2) is 0 Å². The zero-order valence-corrected chi connectivity index (χ0v) is 9.12. The maximum absolute atomic E-state index is 11.0. The van der Waals surface area contributed by atoms with Crippen LogP contribution in [0, 0.1) is 17.8 Å². The largest absolute Gasteiger partial charge is 0.481 e. The number of piperidine rings is 1. The predicted molar refractivity (Wildman–Crippen MR) is 56.2 cm³/mol. The van der Waals surface area contributed by atoms with Crippen molar-refractivity contribution >= 4 is 5.97 Å². The van der Waals surface area contributed by atoms with Crippen molar-refractivity contribution in [1.82, 2.24) is 5.32 Å². The van der Waals surface area contributed by atoms with Crippen LogP contribution in [0.5, 0.6) is 0 Å². The molecule has 1 heterocycles. The second-order valence-corrected chi connectivity index (χ2v) is 4.67. The van der Waals surface area contributed by atoms with E-state index in [4.69, 9.17) is 5.11 Å². The Labute approximate surface area is 85.9 Å². The van der Waals surface area contributed by atoms with Crippen molar-refractivity contribution in [3.63, 3.8) is 0 Å². The Kier molecular flexibility index (Phi) is 4.39. The topological polar surface area (TPSA) is 49.3 Å². The molecule has 14 heavy (non-hydrogen) atoms. The molecule has 0 saturated carbocycles. The monoisotopic (exact) mass is 199 g/mol. The lowest BCUT2D eigenvalue weighted by Gasteiger charge is -2.29. The molecule has 0 aromatic heterocycles. The van der Waals surface area contributed by atoms with E-state index >= 15 is 0 Å². The zero-order valence-electron chi connectivity index (χ0n) is 9.12. The molecular formula is C11H21NO2. The molecule has 2 unspecified atom stereocenters. The number of carboxylic acid groups (broad SMARTS) is 1. The molecule has 3 nitrogen and oxygen atoms in total. The summed E-state index contributed by atoms with van der Waals surface area (Å²) in [5.74, 6) is 0.283. The predicted octanol–water partition coefficient (Wildman–Crippen LogP) is 1.73. The highest BCUT2D eigenvalue weighted by Gasteiger charge is 2.30. The lowest BCUT2D eigenvalue weighted by Crippen LogP contribution is -2.40. The third-order valence-corrected chi connectivity index (χ3v) is 3.04. The summed E-state index contributed by atoms with van der Waals surface area (Å²) in [6.07, 6.45) is 2.97. The van der Waals surface area contributed by atoms with Crippen LogP contribution in [-0.2, 0) is 4.79 Å². The number of carboxylic acids is 1. The standard InChI is InChI=1S/C11H21NO2/c1-8(2)3-4-9-7-12-6-5-10(9)11(13)14/h8-10,12H,3-7H2,1-2H3,(H,13,14). The first kappa shape index (κ1) is 11.5. The fourth-order valence-corrected chi connectivity index (χ4v) is 2.10. The van der Waals surface area contributed by atoms with Gasteiger partial charge in [-0.1, -0.05) is 20.3 Å². The quantitative estimate of drug-likeness (QED) is 0.725. The van der Waals surface area contributed by atoms with Crippen molar-refractivity contribution < 1.29 is 9.90 Å². The highest BCUT2D eigenvalue weighted by molar-refractivity contribution is 5.70. The van der Waals surface area contributed by atoms with Crippen LogP contribution in [0.25, 0.3) is 0 Å². The van der Waals surface area contributed by atoms with Gasteiger partial charge in [0, 0.05) is 0 Å². The van der Waals surface area contributed by atoms with Gasteiger partial charge in [-0.25, -0.2) is 0 Å². The first-order valence-electron chi connectivity index (χ1n) is 5.54. The molecule has 0 radical (unpaired) electrons. The summed E-state index contributed by atoms with van der Waals surface area (Å²) in [5.41, 5.74) is 0. The Morgan fingerprint density at radius 2 is 2.29 bits per heavy atom. The summed E-state index contributed by atoms with van der Waals surface area (Å²) >= 11 is 0. The number of carbonyl (C=O) groups is 1.